The highest BCUT2D eigenvalue weighted by molar-refractivity contribution is 7.73. The standard InChI is InChI=1S/C13H18N4S2/c1-3-16(9-11-7-5-4-6-8-11)10-17-13(18)19-12(14-2)15-17/h4-8H,3,9-10H2,1-2H3,(H,14,15). The van der Waals surface area contributed by atoms with Gasteiger partial charge in [-0.2, -0.15) is 0 Å². The summed E-state index contributed by atoms with van der Waals surface area (Å²) in [5.41, 5.74) is 1.31. The number of hydrogen-bond donors (Lipinski definition) is 1. The predicted molar refractivity (Wildman–Crippen MR) is 83.0 cm³/mol. The number of anilines is 1. The van der Waals surface area contributed by atoms with Crippen LogP contribution in [-0.4, -0.2) is 28.3 Å². The van der Waals surface area contributed by atoms with Gasteiger partial charge in [0.05, 0.1) is 6.67 Å². The predicted octanol–water partition coefficient (Wildman–Crippen LogP) is 3.20. The van der Waals surface area contributed by atoms with Crippen molar-refractivity contribution in [2.45, 2.75) is 20.1 Å². The quantitative estimate of drug-likeness (QED) is 0.830. The average molecular weight is 294 g/mol. The number of rotatable bonds is 6. The van der Waals surface area contributed by atoms with Gasteiger partial charge in [-0.25, -0.2) is 4.68 Å². The van der Waals surface area contributed by atoms with Crippen molar-refractivity contribution < 1.29 is 0 Å². The molecule has 0 radical (unpaired) electrons. The normalized spacial score (nSPS) is 10.9. The molecule has 0 unspecified atom stereocenters. The van der Waals surface area contributed by atoms with E-state index in [2.05, 4.69) is 46.5 Å². The second kappa shape index (κ2) is 6.79. The first-order valence-corrected chi connectivity index (χ1v) is 7.47. The van der Waals surface area contributed by atoms with Gasteiger partial charge in [0.1, 0.15) is 0 Å². The molecule has 1 aromatic heterocycles. The Bertz CT molecular complexity index is 562. The SMILES string of the molecule is CCN(Cc1ccccc1)Cn1nc(NC)sc1=S. The van der Waals surface area contributed by atoms with Crippen molar-refractivity contribution in [3.05, 3.63) is 39.8 Å². The summed E-state index contributed by atoms with van der Waals surface area (Å²) in [6, 6.07) is 10.5. The Hall–Kier alpha value is -1.24. The molecular weight excluding hydrogens is 276 g/mol. The smallest absolute Gasteiger partial charge is 0.204 e. The van der Waals surface area contributed by atoms with Gasteiger partial charge in [0, 0.05) is 13.6 Å². The van der Waals surface area contributed by atoms with E-state index in [0.29, 0.717) is 0 Å². The number of hydrogen-bond acceptors (Lipinski definition) is 5. The van der Waals surface area contributed by atoms with Crippen LogP contribution in [0.2, 0.25) is 0 Å². The van der Waals surface area contributed by atoms with Gasteiger partial charge in [-0.3, -0.25) is 4.90 Å². The number of nitrogens with zero attached hydrogens (tertiary/aromatic N) is 3. The van der Waals surface area contributed by atoms with Crippen molar-refractivity contribution >= 4 is 28.7 Å². The van der Waals surface area contributed by atoms with E-state index < -0.39 is 0 Å². The fraction of sp³-hybridized carbons (Fsp3) is 0.385. The third-order valence-corrected chi connectivity index (χ3v) is 4.18. The van der Waals surface area contributed by atoms with Crippen LogP contribution in [-0.2, 0) is 13.2 Å². The maximum absolute atomic E-state index is 5.32. The van der Waals surface area contributed by atoms with Gasteiger partial charge < -0.3 is 5.32 Å². The molecule has 0 aliphatic carbocycles. The first-order chi connectivity index (χ1) is 9.22. The number of benzene rings is 1. The Kier molecular flexibility index (Phi) is 5.07. The minimum absolute atomic E-state index is 0.725. The van der Waals surface area contributed by atoms with E-state index in [1.165, 1.54) is 16.9 Å². The van der Waals surface area contributed by atoms with E-state index in [9.17, 15) is 0 Å². The van der Waals surface area contributed by atoms with Crippen LogP contribution < -0.4 is 5.32 Å². The van der Waals surface area contributed by atoms with Gasteiger partial charge in [0.15, 0.2) is 3.95 Å². The molecule has 102 valence electrons. The third-order valence-electron chi connectivity index (χ3n) is 2.85. The van der Waals surface area contributed by atoms with Gasteiger partial charge in [-0.15, -0.1) is 5.10 Å². The molecule has 0 saturated carbocycles. The Morgan fingerprint density at radius 1 is 1.37 bits per heavy atom. The molecule has 0 aliphatic rings. The molecule has 1 heterocycles. The fourth-order valence-electron chi connectivity index (χ4n) is 1.79. The third kappa shape index (κ3) is 3.86. The van der Waals surface area contributed by atoms with E-state index >= 15 is 0 Å². The Labute approximate surface area is 122 Å². The van der Waals surface area contributed by atoms with E-state index in [0.717, 1.165) is 28.8 Å². The van der Waals surface area contributed by atoms with Crippen molar-refractivity contribution in [3.63, 3.8) is 0 Å². The largest absolute Gasteiger partial charge is 0.363 e. The molecule has 2 rings (SSSR count). The maximum Gasteiger partial charge on any atom is 0.204 e. The zero-order chi connectivity index (χ0) is 13.7. The van der Waals surface area contributed by atoms with Crippen LogP contribution >= 0.6 is 23.6 Å². The molecule has 2 aromatic rings. The van der Waals surface area contributed by atoms with Crippen LogP contribution in [0.4, 0.5) is 5.13 Å². The van der Waals surface area contributed by atoms with E-state index in [1.807, 2.05) is 17.8 Å². The molecule has 1 N–H and O–H groups in total. The Morgan fingerprint density at radius 3 is 2.68 bits per heavy atom. The topological polar surface area (TPSA) is 33.1 Å². The summed E-state index contributed by atoms with van der Waals surface area (Å²) in [5, 5.41) is 8.33. The first kappa shape index (κ1) is 14.2. The molecule has 0 aliphatic heterocycles. The summed E-state index contributed by atoms with van der Waals surface area (Å²) in [7, 11) is 1.86. The van der Waals surface area contributed by atoms with Crippen molar-refractivity contribution in [1.82, 2.24) is 14.7 Å². The van der Waals surface area contributed by atoms with E-state index in [1.54, 1.807) is 0 Å². The average Bonchev–Trinajstić information content (AvgIpc) is 2.80. The summed E-state index contributed by atoms with van der Waals surface area (Å²) >= 11 is 6.82. The Morgan fingerprint density at radius 2 is 2.11 bits per heavy atom. The van der Waals surface area contributed by atoms with Crippen LogP contribution in [0.25, 0.3) is 0 Å². The van der Waals surface area contributed by atoms with Crippen LogP contribution in [0.3, 0.4) is 0 Å². The number of aromatic nitrogens is 2. The van der Waals surface area contributed by atoms with Gasteiger partial charge in [0.2, 0.25) is 5.13 Å². The van der Waals surface area contributed by atoms with Crippen molar-refractivity contribution in [2.24, 2.45) is 0 Å². The summed E-state index contributed by atoms with van der Waals surface area (Å²) in [4.78, 5) is 2.31. The summed E-state index contributed by atoms with van der Waals surface area (Å²) in [5.74, 6) is 0. The highest BCUT2D eigenvalue weighted by Gasteiger charge is 2.08. The van der Waals surface area contributed by atoms with E-state index in [-0.39, 0.29) is 0 Å². The first-order valence-electron chi connectivity index (χ1n) is 6.25. The monoisotopic (exact) mass is 294 g/mol. The minimum Gasteiger partial charge on any atom is -0.363 e. The van der Waals surface area contributed by atoms with Crippen LogP contribution in [0, 0.1) is 3.95 Å². The molecule has 0 atom stereocenters. The molecular formula is C13H18N4S2. The fourth-order valence-corrected chi connectivity index (χ4v) is 2.74. The van der Waals surface area contributed by atoms with Gasteiger partial charge >= 0.3 is 0 Å². The van der Waals surface area contributed by atoms with Crippen molar-refractivity contribution in [2.75, 3.05) is 18.9 Å². The minimum atomic E-state index is 0.725. The molecule has 19 heavy (non-hydrogen) atoms. The lowest BCUT2D eigenvalue weighted by Crippen LogP contribution is -2.26. The zero-order valence-corrected chi connectivity index (χ0v) is 12.8. The second-order valence-electron chi connectivity index (χ2n) is 4.19. The zero-order valence-electron chi connectivity index (χ0n) is 11.2. The molecule has 0 spiro atoms. The number of nitrogens with one attached hydrogen (secondary N) is 1. The van der Waals surface area contributed by atoms with Gasteiger partial charge in [0.25, 0.3) is 0 Å². The van der Waals surface area contributed by atoms with E-state index in [4.69, 9.17) is 12.2 Å². The van der Waals surface area contributed by atoms with Crippen molar-refractivity contribution in [3.8, 4) is 0 Å². The lowest BCUT2D eigenvalue weighted by Gasteiger charge is -2.20. The lowest BCUT2D eigenvalue weighted by molar-refractivity contribution is 0.208. The molecule has 4 nitrogen and oxygen atoms in total. The summed E-state index contributed by atoms with van der Waals surface area (Å²) in [6.45, 7) is 4.74. The molecule has 1 aromatic carbocycles. The van der Waals surface area contributed by atoms with Crippen LogP contribution in [0.1, 0.15) is 12.5 Å². The lowest BCUT2D eigenvalue weighted by atomic mass is 10.2. The summed E-state index contributed by atoms with van der Waals surface area (Å²) in [6.07, 6.45) is 0. The van der Waals surface area contributed by atoms with Crippen LogP contribution in [0.15, 0.2) is 30.3 Å². The highest BCUT2D eigenvalue weighted by atomic mass is 32.1. The molecule has 6 heteroatoms. The maximum atomic E-state index is 5.32. The molecule has 0 amide bonds. The van der Waals surface area contributed by atoms with Gasteiger partial charge in [-0.1, -0.05) is 48.6 Å². The summed E-state index contributed by atoms with van der Waals surface area (Å²) < 4.78 is 2.68. The van der Waals surface area contributed by atoms with Gasteiger partial charge in [-0.05, 0) is 24.3 Å². The molecule has 0 saturated heterocycles. The second-order valence-corrected chi connectivity index (χ2v) is 5.82. The molecule has 0 bridgehead atoms. The Balaban J connectivity index is 2.06. The van der Waals surface area contributed by atoms with Crippen LogP contribution in [0.5, 0.6) is 0 Å². The molecule has 0 fully saturated rings. The highest BCUT2D eigenvalue weighted by Crippen LogP contribution is 2.14. The van der Waals surface area contributed by atoms with Crippen molar-refractivity contribution in [1.29, 1.82) is 0 Å².